The first kappa shape index (κ1) is 17.7. The third kappa shape index (κ3) is 3.76. The highest BCUT2D eigenvalue weighted by Gasteiger charge is 2.18. The van der Waals surface area contributed by atoms with Crippen LogP contribution in [0.3, 0.4) is 0 Å². The summed E-state index contributed by atoms with van der Waals surface area (Å²) in [5.74, 6) is -0.224. The molecule has 130 valence electrons. The van der Waals surface area contributed by atoms with Gasteiger partial charge < -0.3 is 5.32 Å². The van der Waals surface area contributed by atoms with Crippen molar-refractivity contribution in [3.63, 3.8) is 0 Å². The third-order valence-corrected chi connectivity index (χ3v) is 4.20. The summed E-state index contributed by atoms with van der Waals surface area (Å²) in [6, 6.07) is 16.1. The molecule has 0 bridgehead atoms. The lowest BCUT2D eigenvalue weighted by Gasteiger charge is -2.10. The number of halogens is 1. The Morgan fingerprint density at radius 2 is 1.88 bits per heavy atom. The highest BCUT2D eigenvalue weighted by molar-refractivity contribution is 6.30. The predicted octanol–water partition coefficient (Wildman–Crippen LogP) is 4.60. The molecule has 26 heavy (non-hydrogen) atoms. The molecule has 0 radical (unpaired) electrons. The smallest absolute Gasteiger partial charge is 0.259 e. The number of carbonyl (C=O) groups excluding carboxylic acids is 1. The molecule has 0 atom stereocenters. The van der Waals surface area contributed by atoms with Crippen molar-refractivity contribution in [2.75, 3.05) is 5.32 Å². The fourth-order valence-corrected chi connectivity index (χ4v) is 2.80. The lowest BCUT2D eigenvalue weighted by molar-refractivity contribution is 0.102. The lowest BCUT2D eigenvalue weighted by atomic mass is 10.1. The van der Waals surface area contributed by atoms with Gasteiger partial charge in [-0.1, -0.05) is 24.9 Å². The molecule has 3 rings (SSSR count). The Bertz CT molecular complexity index is 953. The van der Waals surface area contributed by atoms with E-state index in [2.05, 4.69) is 23.4 Å². The predicted molar refractivity (Wildman–Crippen MR) is 102 cm³/mol. The van der Waals surface area contributed by atoms with Crippen molar-refractivity contribution >= 4 is 23.2 Å². The first-order chi connectivity index (χ1) is 12.6. The van der Waals surface area contributed by atoms with Gasteiger partial charge in [0.25, 0.3) is 5.91 Å². The van der Waals surface area contributed by atoms with E-state index < -0.39 is 0 Å². The van der Waals surface area contributed by atoms with Crippen molar-refractivity contribution in [1.82, 2.24) is 9.78 Å². The molecule has 0 aliphatic heterocycles. The van der Waals surface area contributed by atoms with Crippen LogP contribution in [0.1, 0.15) is 35.0 Å². The van der Waals surface area contributed by atoms with Gasteiger partial charge in [-0.2, -0.15) is 10.4 Å². The van der Waals surface area contributed by atoms with Crippen LogP contribution in [0.15, 0.2) is 54.7 Å². The Hall–Kier alpha value is -3.10. The number of amides is 1. The van der Waals surface area contributed by atoms with Crippen molar-refractivity contribution in [3.8, 4) is 11.8 Å². The minimum absolute atomic E-state index is 0.224. The zero-order chi connectivity index (χ0) is 18.5. The summed E-state index contributed by atoms with van der Waals surface area (Å²) in [5.41, 5.74) is 3.42. The molecule has 0 aliphatic rings. The van der Waals surface area contributed by atoms with Crippen LogP contribution in [-0.4, -0.2) is 15.7 Å². The quantitative estimate of drug-likeness (QED) is 0.719. The average Bonchev–Trinajstić information content (AvgIpc) is 3.07. The number of hydrogen-bond donors (Lipinski definition) is 1. The number of nitriles is 1. The Morgan fingerprint density at radius 3 is 2.50 bits per heavy atom. The number of hydrogen-bond acceptors (Lipinski definition) is 3. The van der Waals surface area contributed by atoms with Gasteiger partial charge in [0.1, 0.15) is 0 Å². The second-order valence-electron chi connectivity index (χ2n) is 5.79. The van der Waals surface area contributed by atoms with E-state index in [4.69, 9.17) is 16.9 Å². The Balaban J connectivity index is 1.90. The van der Waals surface area contributed by atoms with Crippen molar-refractivity contribution in [2.24, 2.45) is 0 Å². The molecule has 0 saturated heterocycles. The van der Waals surface area contributed by atoms with E-state index >= 15 is 0 Å². The van der Waals surface area contributed by atoms with Gasteiger partial charge in [-0.15, -0.1) is 0 Å². The van der Waals surface area contributed by atoms with Crippen LogP contribution >= 0.6 is 11.6 Å². The van der Waals surface area contributed by atoms with Crippen molar-refractivity contribution in [3.05, 3.63) is 76.6 Å². The van der Waals surface area contributed by atoms with Gasteiger partial charge in [-0.05, 0) is 55.0 Å². The van der Waals surface area contributed by atoms with Crippen LogP contribution in [0.2, 0.25) is 5.02 Å². The summed E-state index contributed by atoms with van der Waals surface area (Å²) in [7, 11) is 0. The highest BCUT2D eigenvalue weighted by Crippen LogP contribution is 2.20. The second kappa shape index (κ2) is 7.85. The molecule has 2 aromatic carbocycles. The van der Waals surface area contributed by atoms with Crippen LogP contribution in [0.5, 0.6) is 0 Å². The van der Waals surface area contributed by atoms with Gasteiger partial charge >= 0.3 is 0 Å². The molecule has 6 heteroatoms. The van der Waals surface area contributed by atoms with Crippen molar-refractivity contribution in [1.29, 1.82) is 5.26 Å². The van der Waals surface area contributed by atoms with Gasteiger partial charge in [0, 0.05) is 10.7 Å². The first-order valence-electron chi connectivity index (χ1n) is 8.26. The molecular formula is C20H17ClN4O. The molecular weight excluding hydrogens is 348 g/mol. The lowest BCUT2D eigenvalue weighted by Crippen LogP contribution is -2.14. The molecule has 0 spiro atoms. The highest BCUT2D eigenvalue weighted by atomic mass is 35.5. The number of nitrogens with zero attached hydrogens (tertiary/aromatic N) is 3. The molecule has 0 aliphatic carbocycles. The van der Waals surface area contributed by atoms with Crippen molar-refractivity contribution < 1.29 is 4.79 Å². The summed E-state index contributed by atoms with van der Waals surface area (Å²) >= 11 is 5.95. The van der Waals surface area contributed by atoms with E-state index in [9.17, 15) is 4.79 Å². The maximum Gasteiger partial charge on any atom is 0.259 e. The molecule has 1 N–H and O–H groups in total. The summed E-state index contributed by atoms with van der Waals surface area (Å²) in [5, 5.41) is 16.8. The normalized spacial score (nSPS) is 10.3. The molecule has 0 fully saturated rings. The first-order valence-corrected chi connectivity index (χ1v) is 8.64. The molecule has 0 unspecified atom stereocenters. The standard InChI is InChI=1S/C20H17ClN4O/c1-2-3-19-18(13-23-25(19)17-10-6-15(21)7-11-17)20(26)24-16-8-4-14(12-22)5-9-16/h4-11,13H,2-3H2,1H3,(H,24,26). The minimum Gasteiger partial charge on any atom is -0.322 e. The Kier molecular flexibility index (Phi) is 5.35. The van der Waals surface area contributed by atoms with E-state index in [0.29, 0.717) is 21.8 Å². The van der Waals surface area contributed by atoms with Gasteiger partial charge in [-0.25, -0.2) is 4.68 Å². The van der Waals surface area contributed by atoms with Gasteiger partial charge in [-0.3, -0.25) is 4.79 Å². The fourth-order valence-electron chi connectivity index (χ4n) is 2.67. The van der Waals surface area contributed by atoms with Crippen LogP contribution in [0.4, 0.5) is 5.69 Å². The van der Waals surface area contributed by atoms with Crippen LogP contribution in [0, 0.1) is 11.3 Å². The SMILES string of the molecule is CCCc1c(C(=O)Nc2ccc(C#N)cc2)cnn1-c1ccc(Cl)cc1. The molecule has 1 amide bonds. The molecule has 1 aromatic heterocycles. The maximum atomic E-state index is 12.7. The van der Waals surface area contributed by atoms with E-state index in [1.165, 1.54) is 0 Å². The zero-order valence-electron chi connectivity index (χ0n) is 14.2. The Labute approximate surface area is 156 Å². The zero-order valence-corrected chi connectivity index (χ0v) is 15.0. The summed E-state index contributed by atoms with van der Waals surface area (Å²) in [6.07, 6.45) is 3.19. The van der Waals surface area contributed by atoms with Gasteiger partial charge in [0.15, 0.2) is 0 Å². The fraction of sp³-hybridized carbons (Fsp3) is 0.150. The van der Waals surface area contributed by atoms with Gasteiger partial charge in [0.05, 0.1) is 34.8 Å². The second-order valence-corrected chi connectivity index (χ2v) is 6.22. The van der Waals surface area contributed by atoms with E-state index in [-0.39, 0.29) is 5.91 Å². The largest absolute Gasteiger partial charge is 0.322 e. The molecule has 3 aromatic rings. The average molecular weight is 365 g/mol. The number of anilines is 1. The summed E-state index contributed by atoms with van der Waals surface area (Å²) < 4.78 is 1.77. The summed E-state index contributed by atoms with van der Waals surface area (Å²) in [6.45, 7) is 2.06. The number of carbonyl (C=O) groups is 1. The van der Waals surface area contributed by atoms with Crippen molar-refractivity contribution in [2.45, 2.75) is 19.8 Å². The number of aromatic nitrogens is 2. The minimum atomic E-state index is -0.224. The summed E-state index contributed by atoms with van der Waals surface area (Å²) in [4.78, 5) is 12.7. The molecule has 1 heterocycles. The van der Waals surface area contributed by atoms with E-state index in [1.807, 2.05) is 12.1 Å². The van der Waals surface area contributed by atoms with Crippen LogP contribution in [-0.2, 0) is 6.42 Å². The Morgan fingerprint density at radius 1 is 1.19 bits per heavy atom. The molecule has 0 saturated carbocycles. The van der Waals surface area contributed by atoms with Crippen LogP contribution < -0.4 is 5.32 Å². The maximum absolute atomic E-state index is 12.7. The van der Waals surface area contributed by atoms with Gasteiger partial charge in [0.2, 0.25) is 0 Å². The number of benzene rings is 2. The van der Waals surface area contributed by atoms with E-state index in [0.717, 1.165) is 24.2 Å². The monoisotopic (exact) mass is 364 g/mol. The van der Waals surface area contributed by atoms with Crippen LogP contribution in [0.25, 0.3) is 5.69 Å². The van der Waals surface area contributed by atoms with E-state index in [1.54, 1.807) is 47.3 Å². The topological polar surface area (TPSA) is 70.7 Å². The third-order valence-electron chi connectivity index (χ3n) is 3.94. The molecule has 5 nitrogen and oxygen atoms in total. The number of rotatable bonds is 5. The number of nitrogens with one attached hydrogen (secondary N) is 1.